The van der Waals surface area contributed by atoms with E-state index in [9.17, 15) is 4.79 Å². The van der Waals surface area contributed by atoms with Crippen LogP contribution in [0, 0.1) is 0 Å². The van der Waals surface area contributed by atoms with Gasteiger partial charge in [0.05, 0.1) is 6.04 Å². The van der Waals surface area contributed by atoms with Crippen molar-refractivity contribution < 1.29 is 4.79 Å². The highest BCUT2D eigenvalue weighted by molar-refractivity contribution is 5.72. The van der Waals surface area contributed by atoms with E-state index >= 15 is 0 Å². The maximum atomic E-state index is 10.8. The van der Waals surface area contributed by atoms with Gasteiger partial charge in [-0.3, -0.25) is 0 Å². The van der Waals surface area contributed by atoms with Crippen LogP contribution < -0.4 is 11.1 Å². The van der Waals surface area contributed by atoms with Gasteiger partial charge < -0.3 is 11.1 Å². The monoisotopic (exact) mass is 242 g/mol. The summed E-state index contributed by atoms with van der Waals surface area (Å²) < 4.78 is 0. The molecular weight excluding hydrogens is 228 g/mol. The molecule has 0 saturated heterocycles. The largest absolute Gasteiger partial charge is 0.352 e. The van der Waals surface area contributed by atoms with Gasteiger partial charge in [0.25, 0.3) is 0 Å². The molecule has 0 aliphatic heterocycles. The van der Waals surface area contributed by atoms with E-state index in [1.807, 2.05) is 31.2 Å². The average molecular weight is 242 g/mol. The van der Waals surface area contributed by atoms with Gasteiger partial charge in [0, 0.05) is 18.0 Å². The van der Waals surface area contributed by atoms with Crippen molar-refractivity contribution in [1.82, 2.24) is 15.3 Å². The third-order valence-corrected chi connectivity index (χ3v) is 2.66. The van der Waals surface area contributed by atoms with Crippen LogP contribution in [0.5, 0.6) is 0 Å². The fourth-order valence-corrected chi connectivity index (χ4v) is 1.71. The number of nitrogens with one attached hydrogen (secondary N) is 1. The van der Waals surface area contributed by atoms with Crippen molar-refractivity contribution in [2.75, 3.05) is 0 Å². The molecule has 0 saturated carbocycles. The van der Waals surface area contributed by atoms with E-state index in [0.717, 1.165) is 16.7 Å². The predicted octanol–water partition coefficient (Wildman–Crippen LogP) is 1.87. The number of urea groups is 1. The van der Waals surface area contributed by atoms with Crippen LogP contribution in [0.2, 0.25) is 0 Å². The highest BCUT2D eigenvalue weighted by Crippen LogP contribution is 2.20. The number of hydrogen-bond donors (Lipinski definition) is 2. The maximum absolute atomic E-state index is 10.8. The van der Waals surface area contributed by atoms with Gasteiger partial charge >= 0.3 is 6.03 Å². The normalized spacial score (nSPS) is 11.8. The Morgan fingerprint density at radius 1 is 1.17 bits per heavy atom. The Morgan fingerprint density at radius 2 is 1.78 bits per heavy atom. The minimum absolute atomic E-state index is 0.108. The molecule has 1 heterocycles. The van der Waals surface area contributed by atoms with Crippen molar-refractivity contribution in [2.45, 2.75) is 13.0 Å². The Labute approximate surface area is 105 Å². The molecule has 5 heteroatoms. The number of nitrogens with two attached hydrogens (primary N) is 1. The van der Waals surface area contributed by atoms with Crippen LogP contribution in [-0.2, 0) is 0 Å². The fourth-order valence-electron chi connectivity index (χ4n) is 1.71. The molecule has 1 aromatic carbocycles. The molecule has 0 fully saturated rings. The van der Waals surface area contributed by atoms with Crippen LogP contribution in [0.4, 0.5) is 4.79 Å². The van der Waals surface area contributed by atoms with Gasteiger partial charge in [-0.15, -0.1) is 0 Å². The lowest BCUT2D eigenvalue weighted by atomic mass is 10.0. The Morgan fingerprint density at radius 3 is 2.33 bits per heavy atom. The van der Waals surface area contributed by atoms with Crippen LogP contribution >= 0.6 is 0 Å². The van der Waals surface area contributed by atoms with Crippen LogP contribution in [0.15, 0.2) is 43.0 Å². The Kier molecular flexibility index (Phi) is 3.52. The molecule has 0 bridgehead atoms. The molecule has 92 valence electrons. The minimum atomic E-state index is -0.525. The van der Waals surface area contributed by atoms with Gasteiger partial charge in [0.2, 0.25) is 0 Å². The first-order valence-corrected chi connectivity index (χ1v) is 5.58. The number of primary amides is 1. The Hall–Kier alpha value is -2.43. The first kappa shape index (κ1) is 12.0. The fraction of sp³-hybridized carbons (Fsp3) is 0.154. The molecule has 0 radical (unpaired) electrons. The summed E-state index contributed by atoms with van der Waals surface area (Å²) in [5, 5.41) is 2.63. The third-order valence-electron chi connectivity index (χ3n) is 2.66. The van der Waals surface area contributed by atoms with Crippen LogP contribution in [0.3, 0.4) is 0 Å². The maximum Gasteiger partial charge on any atom is 0.312 e. The van der Waals surface area contributed by atoms with E-state index in [1.54, 1.807) is 12.4 Å². The van der Waals surface area contributed by atoms with Gasteiger partial charge in [-0.25, -0.2) is 14.8 Å². The van der Waals surface area contributed by atoms with Gasteiger partial charge in [0.1, 0.15) is 6.33 Å². The van der Waals surface area contributed by atoms with E-state index in [2.05, 4.69) is 15.3 Å². The van der Waals surface area contributed by atoms with E-state index in [4.69, 9.17) is 5.73 Å². The first-order chi connectivity index (χ1) is 8.66. The second-order valence-corrected chi connectivity index (χ2v) is 3.98. The van der Waals surface area contributed by atoms with E-state index in [-0.39, 0.29) is 6.04 Å². The number of carbonyl (C=O) groups excluding carboxylic acids is 1. The van der Waals surface area contributed by atoms with Crippen molar-refractivity contribution in [2.24, 2.45) is 5.73 Å². The zero-order chi connectivity index (χ0) is 13.0. The highest BCUT2D eigenvalue weighted by Gasteiger charge is 2.07. The van der Waals surface area contributed by atoms with Crippen LogP contribution in [-0.4, -0.2) is 16.0 Å². The second-order valence-electron chi connectivity index (χ2n) is 3.98. The number of carbonyl (C=O) groups is 1. The van der Waals surface area contributed by atoms with Crippen LogP contribution in [0.1, 0.15) is 18.5 Å². The van der Waals surface area contributed by atoms with Crippen LogP contribution in [0.25, 0.3) is 11.1 Å². The quantitative estimate of drug-likeness (QED) is 0.862. The smallest absolute Gasteiger partial charge is 0.312 e. The first-order valence-electron chi connectivity index (χ1n) is 5.58. The lowest BCUT2D eigenvalue weighted by molar-refractivity contribution is 0.246. The number of nitrogens with zero attached hydrogens (tertiary/aromatic N) is 2. The molecule has 0 spiro atoms. The third kappa shape index (κ3) is 2.82. The van der Waals surface area contributed by atoms with Gasteiger partial charge in [-0.1, -0.05) is 24.3 Å². The van der Waals surface area contributed by atoms with Crippen molar-refractivity contribution in [3.8, 4) is 11.1 Å². The molecule has 5 nitrogen and oxygen atoms in total. The number of rotatable bonds is 3. The van der Waals surface area contributed by atoms with E-state index in [1.165, 1.54) is 6.33 Å². The number of amides is 2. The predicted molar refractivity (Wildman–Crippen MR) is 68.6 cm³/mol. The van der Waals surface area contributed by atoms with Crippen molar-refractivity contribution in [3.05, 3.63) is 48.5 Å². The van der Waals surface area contributed by atoms with Crippen molar-refractivity contribution >= 4 is 6.03 Å². The van der Waals surface area contributed by atoms with E-state index < -0.39 is 6.03 Å². The standard InChI is InChI=1S/C13H14N4O/c1-9(17-13(14)18)10-2-4-11(5-3-10)12-6-15-8-16-7-12/h2-9H,1H3,(H3,14,17,18). The zero-order valence-electron chi connectivity index (χ0n) is 10.00. The van der Waals surface area contributed by atoms with Crippen molar-refractivity contribution in [3.63, 3.8) is 0 Å². The molecule has 0 aliphatic carbocycles. The summed E-state index contributed by atoms with van der Waals surface area (Å²) in [6.07, 6.45) is 5.01. The number of aromatic nitrogens is 2. The minimum Gasteiger partial charge on any atom is -0.352 e. The Bertz CT molecular complexity index is 524. The summed E-state index contributed by atoms with van der Waals surface area (Å²) in [7, 11) is 0. The lowest BCUT2D eigenvalue weighted by Gasteiger charge is -2.12. The topological polar surface area (TPSA) is 80.9 Å². The summed E-state index contributed by atoms with van der Waals surface area (Å²) in [6, 6.07) is 7.19. The molecular formula is C13H14N4O. The summed E-state index contributed by atoms with van der Waals surface area (Å²) >= 11 is 0. The van der Waals surface area contributed by atoms with Gasteiger partial charge in [-0.05, 0) is 18.1 Å². The molecule has 2 rings (SSSR count). The lowest BCUT2D eigenvalue weighted by Crippen LogP contribution is -2.31. The summed E-state index contributed by atoms with van der Waals surface area (Å²) in [6.45, 7) is 1.88. The summed E-state index contributed by atoms with van der Waals surface area (Å²) in [5.41, 5.74) is 8.07. The molecule has 3 N–H and O–H groups in total. The molecule has 1 unspecified atom stereocenters. The number of hydrogen-bond acceptors (Lipinski definition) is 3. The molecule has 1 atom stereocenters. The summed E-state index contributed by atoms with van der Waals surface area (Å²) in [4.78, 5) is 18.7. The molecule has 2 aromatic rings. The average Bonchev–Trinajstić information content (AvgIpc) is 2.39. The number of benzene rings is 1. The molecule has 18 heavy (non-hydrogen) atoms. The SMILES string of the molecule is CC(NC(N)=O)c1ccc(-c2cncnc2)cc1. The molecule has 1 aromatic heterocycles. The van der Waals surface area contributed by atoms with Crippen molar-refractivity contribution in [1.29, 1.82) is 0 Å². The zero-order valence-corrected chi connectivity index (χ0v) is 10.00. The molecule has 2 amide bonds. The summed E-state index contributed by atoms with van der Waals surface area (Å²) in [5.74, 6) is 0. The Balaban J connectivity index is 2.18. The van der Waals surface area contributed by atoms with Gasteiger partial charge in [0.15, 0.2) is 0 Å². The molecule has 0 aliphatic rings. The highest BCUT2D eigenvalue weighted by atomic mass is 16.2. The van der Waals surface area contributed by atoms with Gasteiger partial charge in [-0.2, -0.15) is 0 Å². The second kappa shape index (κ2) is 5.27. The van der Waals surface area contributed by atoms with E-state index in [0.29, 0.717) is 0 Å².